The summed E-state index contributed by atoms with van der Waals surface area (Å²) in [5.74, 6) is -0.193. The summed E-state index contributed by atoms with van der Waals surface area (Å²) in [6, 6.07) is 9.25. The second kappa shape index (κ2) is 10.4. The van der Waals surface area contributed by atoms with Gasteiger partial charge in [-0.05, 0) is 31.7 Å². The smallest absolute Gasteiger partial charge is 0.280 e. The lowest BCUT2D eigenvalue weighted by Gasteiger charge is -2.36. The minimum atomic E-state index is -0.201. The van der Waals surface area contributed by atoms with E-state index in [1.165, 1.54) is 22.5 Å². The predicted octanol–water partition coefficient (Wildman–Crippen LogP) is 3.56. The number of likely N-dealkylation sites (tertiary alicyclic amines) is 1. The first-order valence-electron chi connectivity index (χ1n) is 11.5. The normalized spacial score (nSPS) is 15.5. The molecule has 3 heterocycles. The van der Waals surface area contributed by atoms with Crippen molar-refractivity contribution < 1.29 is 23.4 Å². The van der Waals surface area contributed by atoms with Crippen LogP contribution in [0.25, 0.3) is 10.1 Å². The fraction of sp³-hybridized carbons (Fsp3) is 0.417. The van der Waals surface area contributed by atoms with E-state index in [1.54, 1.807) is 20.2 Å². The van der Waals surface area contributed by atoms with Gasteiger partial charge in [-0.3, -0.25) is 14.4 Å². The molecule has 1 aromatic carbocycles. The largest absolute Gasteiger partial charge is 0.363 e. The summed E-state index contributed by atoms with van der Waals surface area (Å²) < 4.78 is 6.10. The van der Waals surface area contributed by atoms with Crippen LogP contribution in [0, 0.1) is 0 Å². The number of nitrogens with one attached hydrogen (secondary N) is 2. The van der Waals surface area contributed by atoms with Gasteiger partial charge in [-0.15, -0.1) is 11.3 Å². The van der Waals surface area contributed by atoms with Crippen LogP contribution in [-0.4, -0.2) is 72.5 Å². The fourth-order valence-electron chi connectivity index (χ4n) is 4.50. The lowest BCUT2D eigenvalue weighted by molar-refractivity contribution is -0.912. The molecule has 2 N–H and O–H groups in total. The number of amides is 3. The van der Waals surface area contributed by atoms with Crippen LogP contribution in [0.4, 0.5) is 11.5 Å². The summed E-state index contributed by atoms with van der Waals surface area (Å²) in [6.45, 7) is 1.82. The van der Waals surface area contributed by atoms with Gasteiger partial charge in [0.2, 0.25) is 0 Å². The van der Waals surface area contributed by atoms with Gasteiger partial charge in [-0.25, -0.2) is 0 Å². The van der Waals surface area contributed by atoms with Crippen LogP contribution in [-0.2, 0) is 9.59 Å². The van der Waals surface area contributed by atoms with Crippen molar-refractivity contribution in [3.63, 3.8) is 0 Å². The summed E-state index contributed by atoms with van der Waals surface area (Å²) in [6.07, 6.45) is 5.48. The molecule has 0 bridgehead atoms. The van der Waals surface area contributed by atoms with Crippen molar-refractivity contribution in [3.05, 3.63) is 41.5 Å². The van der Waals surface area contributed by atoms with Crippen LogP contribution < -0.4 is 10.6 Å². The minimum absolute atomic E-state index is 0.151. The van der Waals surface area contributed by atoms with E-state index in [1.807, 2.05) is 24.3 Å². The summed E-state index contributed by atoms with van der Waals surface area (Å²) >= 11 is 1.37. The van der Waals surface area contributed by atoms with Crippen LogP contribution in [0.15, 0.2) is 41.1 Å². The number of fused-ring (bicyclic) bond motifs is 1. The number of carbonyl (C=O) groups excluding carboxylic acids is 3. The lowest BCUT2D eigenvalue weighted by Crippen LogP contribution is -2.56. The molecule has 0 unspecified atom stereocenters. The Morgan fingerprint density at radius 1 is 1.00 bits per heavy atom. The quantitative estimate of drug-likeness (QED) is 0.499. The third-order valence-corrected chi connectivity index (χ3v) is 7.30. The number of anilines is 2. The molecule has 1 aliphatic heterocycles. The predicted molar refractivity (Wildman–Crippen MR) is 132 cm³/mol. The molecular formula is C24H30N5O4S+. The first-order chi connectivity index (χ1) is 16.4. The van der Waals surface area contributed by atoms with Gasteiger partial charge < -0.3 is 24.5 Å². The number of hydrogen-bond donors (Lipinski definition) is 2. The summed E-state index contributed by atoms with van der Waals surface area (Å²) in [7, 11) is 3.40. The summed E-state index contributed by atoms with van der Waals surface area (Å²) in [4.78, 5) is 41.0. The number of rotatable bonds is 7. The number of thiophene rings is 1. The van der Waals surface area contributed by atoms with E-state index < -0.39 is 0 Å². The maximum atomic E-state index is 13.4. The number of aromatic nitrogens is 1. The standard InChI is InChI=1S/C24H29N5O4S/c1-28(2)24(32)23-22(17-9-5-6-10-18(17)34-23)26-21(31)16-29(12-7-3-4-8-13-29)15-20(30)25-19-11-14-33-27-19/h5-6,9-11,14H,3-4,7-8,12-13,15-16H2,1-2H3,(H-,25,26,27,30,31,32)/p+1. The zero-order valence-electron chi connectivity index (χ0n) is 19.5. The molecule has 0 spiro atoms. The third-order valence-electron chi connectivity index (χ3n) is 6.14. The van der Waals surface area contributed by atoms with Crippen molar-refractivity contribution in [3.8, 4) is 0 Å². The molecule has 0 atom stereocenters. The first-order valence-corrected chi connectivity index (χ1v) is 12.3. The van der Waals surface area contributed by atoms with E-state index in [0.29, 0.717) is 20.9 Å². The number of benzene rings is 1. The molecule has 1 aliphatic rings. The molecule has 180 valence electrons. The highest BCUT2D eigenvalue weighted by Crippen LogP contribution is 2.36. The first kappa shape index (κ1) is 23.9. The molecule has 0 aliphatic carbocycles. The van der Waals surface area contributed by atoms with E-state index in [0.717, 1.165) is 48.9 Å². The second-order valence-corrected chi connectivity index (χ2v) is 10.1. The zero-order valence-corrected chi connectivity index (χ0v) is 20.3. The van der Waals surface area contributed by atoms with Crippen LogP contribution in [0.3, 0.4) is 0 Å². The van der Waals surface area contributed by atoms with Crippen molar-refractivity contribution >= 4 is 50.6 Å². The van der Waals surface area contributed by atoms with Crippen molar-refractivity contribution in [1.29, 1.82) is 0 Å². The van der Waals surface area contributed by atoms with Crippen LogP contribution in [0.1, 0.15) is 35.4 Å². The average Bonchev–Trinajstić information content (AvgIpc) is 3.37. The van der Waals surface area contributed by atoms with Crippen molar-refractivity contribution in [2.75, 3.05) is 50.9 Å². The molecule has 3 amide bonds. The Hall–Kier alpha value is -3.24. The second-order valence-electron chi connectivity index (χ2n) is 9.00. The van der Waals surface area contributed by atoms with Crippen LogP contribution >= 0.6 is 11.3 Å². The Balaban J connectivity index is 1.56. The SMILES string of the molecule is CN(C)C(=O)c1sc2ccccc2c1NC(=O)C[N+]1(CC(=O)Nc2ccon2)CCCCCC1. The average molecular weight is 485 g/mol. The highest BCUT2D eigenvalue weighted by Gasteiger charge is 2.35. The molecule has 0 radical (unpaired) electrons. The number of hydrogen-bond acceptors (Lipinski definition) is 6. The molecule has 1 saturated heterocycles. The molecule has 2 aromatic heterocycles. The van der Waals surface area contributed by atoms with Gasteiger partial charge in [0, 0.05) is 30.2 Å². The summed E-state index contributed by atoms with van der Waals surface area (Å²) in [5, 5.41) is 10.4. The van der Waals surface area contributed by atoms with E-state index in [4.69, 9.17) is 4.52 Å². The third kappa shape index (κ3) is 5.45. The Morgan fingerprint density at radius 3 is 2.32 bits per heavy atom. The van der Waals surface area contributed by atoms with Crippen molar-refractivity contribution in [2.45, 2.75) is 25.7 Å². The Morgan fingerprint density at radius 2 is 1.68 bits per heavy atom. The van der Waals surface area contributed by atoms with Crippen molar-refractivity contribution in [1.82, 2.24) is 10.1 Å². The molecule has 34 heavy (non-hydrogen) atoms. The highest BCUT2D eigenvalue weighted by molar-refractivity contribution is 7.21. The molecule has 4 rings (SSSR count). The topological polar surface area (TPSA) is 105 Å². The maximum absolute atomic E-state index is 13.4. The lowest BCUT2D eigenvalue weighted by atomic mass is 10.2. The maximum Gasteiger partial charge on any atom is 0.280 e. The Bertz CT molecular complexity index is 1160. The minimum Gasteiger partial charge on any atom is -0.363 e. The van der Waals surface area contributed by atoms with Crippen LogP contribution in [0.2, 0.25) is 0 Å². The molecule has 1 fully saturated rings. The van der Waals surface area contributed by atoms with Gasteiger partial charge in [-0.1, -0.05) is 23.4 Å². The number of quaternary nitrogens is 1. The summed E-state index contributed by atoms with van der Waals surface area (Å²) in [5.41, 5.74) is 0.546. The van der Waals surface area contributed by atoms with Gasteiger partial charge in [0.1, 0.15) is 11.1 Å². The molecule has 0 saturated carbocycles. The Kier molecular flexibility index (Phi) is 7.28. The van der Waals surface area contributed by atoms with Gasteiger partial charge in [-0.2, -0.15) is 0 Å². The molecular weight excluding hydrogens is 454 g/mol. The van der Waals surface area contributed by atoms with Gasteiger partial charge in [0.05, 0.1) is 18.8 Å². The molecule has 3 aromatic rings. The van der Waals surface area contributed by atoms with Gasteiger partial charge in [0.15, 0.2) is 18.9 Å². The van der Waals surface area contributed by atoms with E-state index >= 15 is 0 Å². The Labute approximate surface area is 202 Å². The van der Waals surface area contributed by atoms with E-state index in [-0.39, 0.29) is 30.8 Å². The van der Waals surface area contributed by atoms with Gasteiger partial charge >= 0.3 is 0 Å². The van der Waals surface area contributed by atoms with Gasteiger partial charge in [0.25, 0.3) is 17.7 Å². The van der Waals surface area contributed by atoms with Crippen molar-refractivity contribution in [2.24, 2.45) is 0 Å². The van der Waals surface area contributed by atoms with Crippen LogP contribution in [0.5, 0.6) is 0 Å². The zero-order chi connectivity index (χ0) is 24.1. The fourth-order valence-corrected chi connectivity index (χ4v) is 5.68. The number of carbonyl (C=O) groups is 3. The van der Waals surface area contributed by atoms with E-state index in [9.17, 15) is 14.4 Å². The highest BCUT2D eigenvalue weighted by atomic mass is 32.1. The molecule has 10 heteroatoms. The van der Waals surface area contributed by atoms with E-state index in [2.05, 4.69) is 15.8 Å². The molecule has 9 nitrogen and oxygen atoms in total. The monoisotopic (exact) mass is 484 g/mol. The number of nitrogens with zero attached hydrogens (tertiary/aromatic N) is 3.